The van der Waals surface area contributed by atoms with E-state index in [-0.39, 0.29) is 54.9 Å². The van der Waals surface area contributed by atoms with Crippen molar-refractivity contribution in [3.05, 3.63) is 0 Å². The number of piperazine rings is 1. The fourth-order valence-corrected chi connectivity index (χ4v) is 5.56. The first-order chi connectivity index (χ1) is 14.7. The highest BCUT2D eigenvalue weighted by Crippen LogP contribution is 2.37. The molecule has 0 aromatic rings. The Kier molecular flexibility index (Phi) is 6.38. The van der Waals surface area contributed by atoms with Crippen molar-refractivity contribution in [2.24, 2.45) is 5.92 Å². The van der Waals surface area contributed by atoms with Gasteiger partial charge in [-0.05, 0) is 45.4 Å². The zero-order chi connectivity index (χ0) is 22.3. The third kappa shape index (κ3) is 4.36. The highest BCUT2D eigenvalue weighted by Gasteiger charge is 2.61. The number of hydrogen-bond donors (Lipinski definition) is 2. The molecule has 174 valence electrons. The number of carbonyl (C=O) groups excluding carboxylic acids is 3. The van der Waals surface area contributed by atoms with Gasteiger partial charge in [0, 0.05) is 38.1 Å². The number of urea groups is 1. The Morgan fingerprint density at radius 3 is 2.48 bits per heavy atom. The number of halogens is 1. The van der Waals surface area contributed by atoms with Gasteiger partial charge in [-0.2, -0.15) is 0 Å². The highest BCUT2D eigenvalue weighted by molar-refractivity contribution is 6.20. The molecule has 1 saturated carbocycles. The van der Waals surface area contributed by atoms with Gasteiger partial charge < -0.3 is 20.0 Å². The number of nitrogens with zero attached hydrogens (tertiary/aromatic N) is 4. The zero-order valence-electron chi connectivity index (χ0n) is 18.8. The van der Waals surface area contributed by atoms with E-state index in [1.165, 1.54) is 0 Å². The Labute approximate surface area is 189 Å². The molecule has 3 saturated heterocycles. The molecule has 0 aromatic carbocycles. The van der Waals surface area contributed by atoms with Gasteiger partial charge in [-0.25, -0.2) is 9.80 Å². The lowest BCUT2D eigenvalue weighted by Gasteiger charge is -2.59. The first-order valence-corrected chi connectivity index (χ1v) is 11.9. The molecule has 0 bridgehead atoms. The van der Waals surface area contributed by atoms with Crippen LogP contribution in [0.4, 0.5) is 4.79 Å². The molecular weight excluding hydrogens is 420 g/mol. The number of amides is 4. The number of hydrazine groups is 1. The van der Waals surface area contributed by atoms with Crippen LogP contribution in [0, 0.1) is 5.92 Å². The van der Waals surface area contributed by atoms with E-state index in [2.05, 4.69) is 10.7 Å². The summed E-state index contributed by atoms with van der Waals surface area (Å²) in [5.41, 5.74) is 2.24. The van der Waals surface area contributed by atoms with Crippen LogP contribution in [0.2, 0.25) is 0 Å². The van der Waals surface area contributed by atoms with E-state index in [0.29, 0.717) is 19.0 Å². The van der Waals surface area contributed by atoms with Crippen molar-refractivity contribution < 1.29 is 14.4 Å². The topological polar surface area (TPSA) is 88.2 Å². The van der Waals surface area contributed by atoms with Crippen molar-refractivity contribution in [3.63, 3.8) is 0 Å². The van der Waals surface area contributed by atoms with E-state index in [0.717, 1.165) is 32.2 Å². The Balaban J connectivity index is 1.46. The summed E-state index contributed by atoms with van der Waals surface area (Å²) in [4.78, 5) is 44.6. The number of likely N-dealkylation sites (tertiary alicyclic amines) is 1. The largest absolute Gasteiger partial charge is 0.333 e. The van der Waals surface area contributed by atoms with Crippen LogP contribution in [0.5, 0.6) is 0 Å². The van der Waals surface area contributed by atoms with Gasteiger partial charge in [0.1, 0.15) is 6.54 Å². The number of alkyl halides is 1. The van der Waals surface area contributed by atoms with Crippen molar-refractivity contribution in [2.75, 3.05) is 46.3 Å². The molecule has 10 heteroatoms. The minimum Gasteiger partial charge on any atom is -0.333 e. The molecule has 4 aliphatic rings. The third-order valence-corrected chi connectivity index (χ3v) is 7.68. The molecule has 4 rings (SSSR count). The highest BCUT2D eigenvalue weighted by atomic mass is 35.5. The van der Waals surface area contributed by atoms with Crippen LogP contribution < -0.4 is 10.7 Å². The lowest BCUT2D eigenvalue weighted by atomic mass is 9.81. The van der Waals surface area contributed by atoms with Gasteiger partial charge in [0.25, 0.3) is 5.91 Å². The summed E-state index contributed by atoms with van der Waals surface area (Å²) in [7, 11) is 1.94. The number of rotatable bonds is 4. The van der Waals surface area contributed by atoms with Gasteiger partial charge in [0.2, 0.25) is 5.91 Å². The van der Waals surface area contributed by atoms with Crippen LogP contribution in [-0.2, 0) is 9.59 Å². The molecule has 2 N–H and O–H groups in total. The molecule has 0 aromatic heterocycles. The summed E-state index contributed by atoms with van der Waals surface area (Å²) in [6, 6.07) is -0.186. The smallest absolute Gasteiger partial charge is 0.317 e. The molecule has 1 unspecified atom stereocenters. The van der Waals surface area contributed by atoms with E-state index < -0.39 is 5.54 Å². The van der Waals surface area contributed by atoms with E-state index in [4.69, 9.17) is 11.6 Å². The zero-order valence-corrected chi connectivity index (χ0v) is 19.5. The van der Waals surface area contributed by atoms with Crippen molar-refractivity contribution in [1.29, 1.82) is 0 Å². The number of nitrogens with one attached hydrogen (secondary N) is 2. The van der Waals surface area contributed by atoms with Gasteiger partial charge in [-0.3, -0.25) is 15.0 Å². The van der Waals surface area contributed by atoms with E-state index in [9.17, 15) is 14.4 Å². The summed E-state index contributed by atoms with van der Waals surface area (Å²) in [5, 5.41) is 5.20. The van der Waals surface area contributed by atoms with Gasteiger partial charge in [0.15, 0.2) is 5.54 Å². The molecule has 3 heterocycles. The number of likely N-dealkylation sites (N-methyl/N-ethyl adjacent to an activating group) is 1. The molecule has 3 aliphatic heterocycles. The SMILES string of the molecule is CC(C)N1CC(=O)N(CC2CCC(Cl)CC2)C2(CN(C(=O)NC3CNN(C)C3)C2)C1=O. The maximum Gasteiger partial charge on any atom is 0.317 e. The Morgan fingerprint density at radius 1 is 1.23 bits per heavy atom. The van der Waals surface area contributed by atoms with E-state index >= 15 is 0 Å². The predicted molar refractivity (Wildman–Crippen MR) is 117 cm³/mol. The lowest BCUT2D eigenvalue weighted by molar-refractivity contribution is -0.178. The fourth-order valence-electron chi connectivity index (χ4n) is 5.30. The van der Waals surface area contributed by atoms with Crippen molar-refractivity contribution >= 4 is 29.4 Å². The van der Waals surface area contributed by atoms with Crippen molar-refractivity contribution in [1.82, 2.24) is 30.5 Å². The van der Waals surface area contributed by atoms with Gasteiger partial charge in [0.05, 0.1) is 19.1 Å². The predicted octanol–water partition coefficient (Wildman–Crippen LogP) is 0.446. The van der Waals surface area contributed by atoms with E-state index in [1.54, 1.807) is 14.7 Å². The van der Waals surface area contributed by atoms with Crippen LogP contribution in [0.1, 0.15) is 39.5 Å². The summed E-state index contributed by atoms with van der Waals surface area (Å²) in [5.74, 6) is 0.319. The van der Waals surface area contributed by atoms with Crippen LogP contribution >= 0.6 is 11.6 Å². The molecule has 1 atom stereocenters. The standard InChI is InChI=1S/C21H35ClN6O3/c1-14(2)27-11-18(29)28(9-15-4-6-16(22)7-5-15)21(19(27)30)12-26(13-21)20(31)24-17-8-23-25(3)10-17/h14-17,23H,4-13H2,1-3H3,(H,24,31). The Bertz CT molecular complexity index is 720. The van der Waals surface area contributed by atoms with Crippen molar-refractivity contribution in [3.8, 4) is 0 Å². The number of hydrogen-bond acceptors (Lipinski definition) is 5. The molecule has 1 spiro atoms. The second-order valence-electron chi connectivity index (χ2n) is 9.93. The Morgan fingerprint density at radius 2 is 1.90 bits per heavy atom. The average Bonchev–Trinajstić information content (AvgIpc) is 3.09. The Hall–Kier alpha value is -1.58. The monoisotopic (exact) mass is 454 g/mol. The van der Waals surface area contributed by atoms with Crippen LogP contribution in [-0.4, -0.2) is 107 Å². The fraction of sp³-hybridized carbons (Fsp3) is 0.857. The number of carbonyl (C=O) groups is 3. The molecule has 1 aliphatic carbocycles. The van der Waals surface area contributed by atoms with Crippen molar-refractivity contribution in [2.45, 2.75) is 62.5 Å². The molecule has 9 nitrogen and oxygen atoms in total. The van der Waals surface area contributed by atoms with Crippen LogP contribution in [0.3, 0.4) is 0 Å². The maximum absolute atomic E-state index is 13.5. The third-order valence-electron chi connectivity index (χ3n) is 7.24. The first kappa shape index (κ1) is 22.6. The average molecular weight is 455 g/mol. The summed E-state index contributed by atoms with van der Waals surface area (Å²) in [6.07, 6.45) is 3.85. The maximum atomic E-state index is 13.5. The molecular formula is C21H35ClN6O3. The lowest BCUT2D eigenvalue weighted by Crippen LogP contribution is -2.82. The van der Waals surface area contributed by atoms with Gasteiger partial charge in [-0.15, -0.1) is 11.6 Å². The van der Waals surface area contributed by atoms with Crippen LogP contribution in [0.15, 0.2) is 0 Å². The molecule has 4 fully saturated rings. The first-order valence-electron chi connectivity index (χ1n) is 11.5. The van der Waals surface area contributed by atoms with Gasteiger partial charge >= 0.3 is 6.03 Å². The van der Waals surface area contributed by atoms with Gasteiger partial charge in [-0.1, -0.05) is 0 Å². The summed E-state index contributed by atoms with van der Waals surface area (Å²) in [6.45, 7) is 6.50. The minimum atomic E-state index is -0.931. The quantitative estimate of drug-likeness (QED) is 0.602. The summed E-state index contributed by atoms with van der Waals surface area (Å²) < 4.78 is 0. The minimum absolute atomic E-state index is 0.0111. The normalized spacial score (nSPS) is 31.5. The van der Waals surface area contributed by atoms with E-state index in [1.807, 2.05) is 25.9 Å². The van der Waals surface area contributed by atoms with Crippen LogP contribution in [0.25, 0.3) is 0 Å². The second-order valence-corrected chi connectivity index (χ2v) is 10.5. The second kappa shape index (κ2) is 8.75. The molecule has 4 amide bonds. The molecule has 31 heavy (non-hydrogen) atoms. The molecule has 0 radical (unpaired) electrons. The summed E-state index contributed by atoms with van der Waals surface area (Å²) >= 11 is 6.26.